The van der Waals surface area contributed by atoms with E-state index in [1.54, 1.807) is 12.1 Å². The fourth-order valence-electron chi connectivity index (χ4n) is 2.91. The van der Waals surface area contributed by atoms with Crippen molar-refractivity contribution >= 4 is 21.6 Å². The van der Waals surface area contributed by atoms with Gasteiger partial charge < -0.3 is 9.80 Å². The van der Waals surface area contributed by atoms with E-state index >= 15 is 0 Å². The normalized spacial score (nSPS) is 19.6. The first-order valence-corrected chi connectivity index (χ1v) is 8.12. The number of rotatable bonds is 4. The van der Waals surface area contributed by atoms with Gasteiger partial charge in [0.1, 0.15) is 0 Å². The van der Waals surface area contributed by atoms with Gasteiger partial charge in [0.2, 0.25) is 0 Å². The standard InChI is InChI=1S/C15H20BrF3N2/c1-20(2)10-12-4-3-7-21(12)14-6-5-11(9-16)8-13(14)15(17,18)19/h5-6,8,12H,3-4,7,9-10H2,1-2H3. The van der Waals surface area contributed by atoms with Crippen LogP contribution in [0.2, 0.25) is 0 Å². The van der Waals surface area contributed by atoms with E-state index in [1.165, 1.54) is 6.07 Å². The summed E-state index contributed by atoms with van der Waals surface area (Å²) in [6.07, 6.45) is -2.44. The van der Waals surface area contributed by atoms with Crippen molar-refractivity contribution in [3.05, 3.63) is 29.3 Å². The fraction of sp³-hybridized carbons (Fsp3) is 0.600. The molecule has 118 valence electrons. The summed E-state index contributed by atoms with van der Waals surface area (Å²) in [6.45, 7) is 1.47. The first kappa shape index (κ1) is 16.6. The SMILES string of the molecule is CN(C)CC1CCCN1c1ccc(CBr)cc1C(F)(F)F. The van der Waals surface area contributed by atoms with Crippen molar-refractivity contribution in [2.45, 2.75) is 30.4 Å². The van der Waals surface area contributed by atoms with E-state index in [9.17, 15) is 13.2 Å². The molecule has 0 aromatic heterocycles. The summed E-state index contributed by atoms with van der Waals surface area (Å²) in [5.41, 5.74) is 0.441. The van der Waals surface area contributed by atoms with Crippen LogP contribution < -0.4 is 4.90 Å². The molecule has 6 heteroatoms. The largest absolute Gasteiger partial charge is 0.418 e. The summed E-state index contributed by atoms with van der Waals surface area (Å²) in [7, 11) is 3.91. The Hall–Kier alpha value is -0.750. The van der Waals surface area contributed by atoms with Crippen LogP contribution >= 0.6 is 15.9 Å². The number of hydrogen-bond donors (Lipinski definition) is 0. The van der Waals surface area contributed by atoms with E-state index in [1.807, 2.05) is 23.9 Å². The molecule has 0 saturated carbocycles. The smallest absolute Gasteiger partial charge is 0.367 e. The van der Waals surface area contributed by atoms with Crippen LogP contribution in [-0.4, -0.2) is 38.1 Å². The second kappa shape index (κ2) is 6.57. The summed E-state index contributed by atoms with van der Waals surface area (Å²) in [6, 6.07) is 4.79. The fourth-order valence-corrected chi connectivity index (χ4v) is 3.26. The molecule has 1 unspecified atom stereocenters. The predicted octanol–water partition coefficient (Wildman–Crippen LogP) is 4.13. The van der Waals surface area contributed by atoms with Gasteiger partial charge in [-0.15, -0.1) is 0 Å². The quantitative estimate of drug-likeness (QED) is 0.741. The van der Waals surface area contributed by atoms with Gasteiger partial charge in [-0.1, -0.05) is 22.0 Å². The van der Waals surface area contributed by atoms with E-state index in [0.717, 1.165) is 19.4 Å². The van der Waals surface area contributed by atoms with Crippen LogP contribution in [-0.2, 0) is 11.5 Å². The number of nitrogens with zero attached hydrogens (tertiary/aromatic N) is 2. The van der Waals surface area contributed by atoms with Crippen LogP contribution in [0, 0.1) is 0 Å². The molecule has 0 bridgehead atoms. The maximum absolute atomic E-state index is 13.4. The summed E-state index contributed by atoms with van der Waals surface area (Å²) in [5.74, 6) is 0. The van der Waals surface area contributed by atoms with E-state index in [4.69, 9.17) is 0 Å². The zero-order chi connectivity index (χ0) is 15.6. The average Bonchev–Trinajstić information content (AvgIpc) is 2.84. The molecule has 1 atom stereocenters. The monoisotopic (exact) mass is 364 g/mol. The number of halogens is 4. The highest BCUT2D eigenvalue weighted by atomic mass is 79.9. The number of anilines is 1. The Labute approximate surface area is 132 Å². The Balaban J connectivity index is 2.38. The Morgan fingerprint density at radius 3 is 2.62 bits per heavy atom. The van der Waals surface area contributed by atoms with Crippen molar-refractivity contribution in [3.63, 3.8) is 0 Å². The van der Waals surface area contributed by atoms with Gasteiger partial charge in [-0.2, -0.15) is 13.2 Å². The first-order valence-electron chi connectivity index (χ1n) is 7.00. The predicted molar refractivity (Wildman–Crippen MR) is 83.0 cm³/mol. The molecule has 1 aliphatic heterocycles. The number of benzene rings is 1. The minimum absolute atomic E-state index is 0.149. The average molecular weight is 365 g/mol. The molecule has 0 aliphatic carbocycles. The number of hydrogen-bond acceptors (Lipinski definition) is 2. The summed E-state index contributed by atoms with van der Waals surface area (Å²) in [4.78, 5) is 3.95. The summed E-state index contributed by atoms with van der Waals surface area (Å²) < 4.78 is 40.1. The molecule has 2 nitrogen and oxygen atoms in total. The van der Waals surface area contributed by atoms with Gasteiger partial charge >= 0.3 is 6.18 Å². The van der Waals surface area contributed by atoms with Crippen molar-refractivity contribution < 1.29 is 13.2 Å². The van der Waals surface area contributed by atoms with Gasteiger partial charge in [0.25, 0.3) is 0 Å². The Morgan fingerprint density at radius 1 is 1.33 bits per heavy atom. The van der Waals surface area contributed by atoms with Gasteiger partial charge in [0.15, 0.2) is 0 Å². The Bertz CT molecular complexity index is 488. The van der Waals surface area contributed by atoms with Crippen molar-refractivity contribution in [3.8, 4) is 0 Å². The molecular formula is C15H20BrF3N2. The lowest BCUT2D eigenvalue weighted by molar-refractivity contribution is -0.137. The van der Waals surface area contributed by atoms with Crippen LogP contribution in [0.4, 0.5) is 18.9 Å². The minimum atomic E-state index is -4.32. The van der Waals surface area contributed by atoms with Gasteiger partial charge in [-0.3, -0.25) is 0 Å². The molecule has 0 amide bonds. The summed E-state index contributed by atoms with van der Waals surface area (Å²) >= 11 is 3.22. The zero-order valence-electron chi connectivity index (χ0n) is 12.3. The van der Waals surface area contributed by atoms with E-state index < -0.39 is 11.7 Å². The lowest BCUT2D eigenvalue weighted by atomic mass is 10.1. The topological polar surface area (TPSA) is 6.48 Å². The maximum atomic E-state index is 13.4. The van der Waals surface area contributed by atoms with Crippen molar-refractivity contribution in [1.82, 2.24) is 4.90 Å². The third kappa shape index (κ3) is 3.92. The van der Waals surface area contributed by atoms with Crippen LogP contribution in [0.3, 0.4) is 0 Å². The van der Waals surface area contributed by atoms with E-state index in [2.05, 4.69) is 15.9 Å². The zero-order valence-corrected chi connectivity index (χ0v) is 13.8. The lowest BCUT2D eigenvalue weighted by Gasteiger charge is -2.31. The van der Waals surface area contributed by atoms with Gasteiger partial charge in [-0.25, -0.2) is 0 Å². The van der Waals surface area contributed by atoms with Crippen molar-refractivity contribution in [2.24, 2.45) is 0 Å². The molecule has 21 heavy (non-hydrogen) atoms. The molecule has 0 N–H and O–H groups in total. The molecular weight excluding hydrogens is 345 g/mol. The maximum Gasteiger partial charge on any atom is 0.418 e. The lowest BCUT2D eigenvalue weighted by Crippen LogP contribution is -2.38. The molecule has 1 saturated heterocycles. The van der Waals surface area contributed by atoms with Crippen molar-refractivity contribution in [1.29, 1.82) is 0 Å². The molecule has 2 rings (SSSR count). The highest BCUT2D eigenvalue weighted by molar-refractivity contribution is 9.08. The second-order valence-electron chi connectivity index (χ2n) is 5.73. The van der Waals surface area contributed by atoms with Gasteiger partial charge in [-0.05, 0) is 44.6 Å². The van der Waals surface area contributed by atoms with Gasteiger partial charge in [0.05, 0.1) is 5.56 Å². The van der Waals surface area contributed by atoms with Crippen LogP contribution in [0.25, 0.3) is 0 Å². The minimum Gasteiger partial charge on any atom is -0.367 e. The molecule has 1 fully saturated rings. The molecule has 1 heterocycles. The molecule has 1 aliphatic rings. The van der Waals surface area contributed by atoms with Crippen LogP contribution in [0.15, 0.2) is 18.2 Å². The van der Waals surface area contributed by atoms with Crippen molar-refractivity contribution in [2.75, 3.05) is 32.1 Å². The molecule has 0 radical (unpaired) electrons. The highest BCUT2D eigenvalue weighted by Crippen LogP contribution is 2.40. The van der Waals surface area contributed by atoms with Crippen LogP contribution in [0.5, 0.6) is 0 Å². The molecule has 1 aromatic carbocycles. The first-order chi connectivity index (χ1) is 9.82. The van der Waals surface area contributed by atoms with E-state index in [-0.39, 0.29) is 6.04 Å². The van der Waals surface area contributed by atoms with Crippen LogP contribution in [0.1, 0.15) is 24.0 Å². The van der Waals surface area contributed by atoms with E-state index in [0.29, 0.717) is 23.1 Å². The number of alkyl halides is 4. The third-order valence-electron chi connectivity index (χ3n) is 3.78. The Morgan fingerprint density at radius 2 is 2.05 bits per heavy atom. The highest BCUT2D eigenvalue weighted by Gasteiger charge is 2.37. The third-order valence-corrected chi connectivity index (χ3v) is 4.43. The number of likely N-dealkylation sites (N-methyl/N-ethyl adjacent to an activating group) is 1. The van der Waals surface area contributed by atoms with Gasteiger partial charge in [0, 0.05) is 30.1 Å². The summed E-state index contributed by atoms with van der Waals surface area (Å²) in [5, 5.41) is 0.428. The molecule has 0 spiro atoms. The Kier molecular flexibility index (Phi) is 5.20. The second-order valence-corrected chi connectivity index (χ2v) is 6.30. The molecule has 1 aromatic rings.